The number of hydrogen-bond donors (Lipinski definition) is 0. The molecule has 0 aliphatic rings. The number of nitrogens with zero attached hydrogens (tertiary/aromatic N) is 1. The number of carbonyl (C=O) groups excluding carboxylic acids is 1. The van der Waals surface area contributed by atoms with Gasteiger partial charge in [0.15, 0.2) is 5.69 Å². The van der Waals surface area contributed by atoms with E-state index in [4.69, 9.17) is 0 Å². The number of halogens is 1. The lowest BCUT2D eigenvalue weighted by Gasteiger charge is -1.91. The van der Waals surface area contributed by atoms with Gasteiger partial charge in [-0.15, -0.1) is 4.39 Å². The van der Waals surface area contributed by atoms with Gasteiger partial charge in [-0.3, -0.25) is 0 Å². The van der Waals surface area contributed by atoms with Crippen molar-refractivity contribution in [2.24, 2.45) is 0 Å². The minimum atomic E-state index is -1.03. The Bertz CT molecular complexity index is 281. The quantitative estimate of drug-likeness (QED) is 0.571. The van der Waals surface area contributed by atoms with Crippen LogP contribution >= 0.6 is 0 Å². The predicted octanol–water partition coefficient (Wildman–Crippen LogP) is 0.909. The van der Waals surface area contributed by atoms with Crippen molar-refractivity contribution in [3.05, 3.63) is 17.6 Å². The second-order valence-electron chi connectivity index (χ2n) is 1.86. The smallest absolute Gasteiger partial charge is 0.382 e. The largest absolute Gasteiger partial charge is 0.464 e. The second kappa shape index (κ2) is 2.69. The van der Waals surface area contributed by atoms with Crippen LogP contribution in [0.4, 0.5) is 4.39 Å². The molecule has 0 radical (unpaired) electrons. The Hall–Kier alpha value is -1.39. The molecule has 1 rings (SSSR count). The lowest BCUT2D eigenvalue weighted by Crippen LogP contribution is -2.03. The predicted molar refractivity (Wildman–Crippen MR) is 32.5 cm³/mol. The lowest BCUT2D eigenvalue weighted by atomic mass is 10.4. The number of aromatic nitrogens is 1. The molecule has 0 aromatic carbocycles. The highest BCUT2D eigenvalue weighted by atomic mass is 19.1. The van der Waals surface area contributed by atoms with Crippen molar-refractivity contribution in [2.75, 3.05) is 7.11 Å². The van der Waals surface area contributed by atoms with Crippen LogP contribution in [-0.4, -0.2) is 18.1 Å². The van der Waals surface area contributed by atoms with Gasteiger partial charge in [-0.05, 0) is 6.92 Å². The minimum absolute atomic E-state index is 0.120. The summed E-state index contributed by atoms with van der Waals surface area (Å²) in [6, 6.07) is 0. The summed E-state index contributed by atoms with van der Waals surface area (Å²) in [6.07, 6.45) is -1.03. The average Bonchev–Trinajstić information content (AvgIpc) is 2.28. The Morgan fingerprint density at radius 2 is 2.36 bits per heavy atom. The number of carbonyl (C=O) groups is 1. The van der Waals surface area contributed by atoms with E-state index in [1.165, 1.54) is 14.0 Å². The molecular weight excluding hydrogens is 153 g/mol. The molecule has 11 heavy (non-hydrogen) atoms. The third-order valence-electron chi connectivity index (χ3n) is 1.15. The van der Waals surface area contributed by atoms with E-state index in [2.05, 4.69) is 14.1 Å². The van der Waals surface area contributed by atoms with Crippen LogP contribution in [0.3, 0.4) is 0 Å². The maximum atomic E-state index is 12.2. The highest BCUT2D eigenvalue weighted by Crippen LogP contribution is 2.08. The molecule has 0 spiro atoms. The van der Waals surface area contributed by atoms with E-state index >= 15 is 0 Å². The first kappa shape index (κ1) is 7.71. The maximum absolute atomic E-state index is 12.2. The van der Waals surface area contributed by atoms with E-state index in [-0.39, 0.29) is 11.5 Å². The highest BCUT2D eigenvalue weighted by molar-refractivity contribution is 5.87. The standard InChI is InChI=1S/C6H6FNO3/c1-3-4(5(9)10-2)8-6(7)11-3/h1-2H3. The second-order valence-corrected chi connectivity index (χ2v) is 1.86. The van der Waals surface area contributed by atoms with Crippen molar-refractivity contribution in [1.82, 2.24) is 4.98 Å². The Labute approximate surface area is 62.0 Å². The summed E-state index contributed by atoms with van der Waals surface area (Å²) in [6.45, 7) is 1.43. The van der Waals surface area contributed by atoms with Crippen LogP contribution in [0.25, 0.3) is 0 Å². The van der Waals surface area contributed by atoms with Crippen LogP contribution < -0.4 is 0 Å². The van der Waals surface area contributed by atoms with Crippen molar-refractivity contribution >= 4 is 5.97 Å². The average molecular weight is 159 g/mol. The SMILES string of the molecule is COC(=O)c1nc(F)oc1C. The highest BCUT2D eigenvalue weighted by Gasteiger charge is 2.16. The van der Waals surface area contributed by atoms with Crippen LogP contribution in [0, 0.1) is 13.1 Å². The summed E-state index contributed by atoms with van der Waals surface area (Å²) < 4.78 is 20.9. The third kappa shape index (κ3) is 1.36. The van der Waals surface area contributed by atoms with Gasteiger partial charge in [-0.1, -0.05) is 0 Å². The third-order valence-corrected chi connectivity index (χ3v) is 1.15. The van der Waals surface area contributed by atoms with Crippen molar-refractivity contribution in [1.29, 1.82) is 0 Å². The number of hydrogen-bond acceptors (Lipinski definition) is 4. The fraction of sp³-hybridized carbons (Fsp3) is 0.333. The molecule has 60 valence electrons. The van der Waals surface area contributed by atoms with Crippen LogP contribution in [-0.2, 0) is 4.74 Å². The van der Waals surface area contributed by atoms with Gasteiger partial charge < -0.3 is 9.15 Å². The molecule has 0 aliphatic heterocycles. The Morgan fingerprint density at radius 1 is 1.73 bits per heavy atom. The van der Waals surface area contributed by atoms with Crippen LogP contribution in [0.2, 0.25) is 0 Å². The molecule has 4 nitrogen and oxygen atoms in total. The van der Waals surface area contributed by atoms with Crippen LogP contribution in [0.5, 0.6) is 0 Å². The van der Waals surface area contributed by atoms with Gasteiger partial charge in [0.1, 0.15) is 5.76 Å². The molecule has 0 aliphatic carbocycles. The fourth-order valence-electron chi connectivity index (χ4n) is 0.650. The molecule has 0 unspecified atom stereocenters. The molecular formula is C6H6FNO3. The van der Waals surface area contributed by atoms with Crippen molar-refractivity contribution in [3.8, 4) is 0 Å². The van der Waals surface area contributed by atoms with E-state index in [9.17, 15) is 9.18 Å². The molecule has 0 bridgehead atoms. The summed E-state index contributed by atoms with van der Waals surface area (Å²) in [5, 5.41) is 0. The van der Waals surface area contributed by atoms with E-state index in [0.717, 1.165) is 0 Å². The molecule has 0 saturated heterocycles. The molecule has 0 fully saturated rings. The Balaban J connectivity index is 3.03. The van der Waals surface area contributed by atoms with Crippen LogP contribution in [0.15, 0.2) is 4.42 Å². The maximum Gasteiger partial charge on any atom is 0.382 e. The monoisotopic (exact) mass is 159 g/mol. The van der Waals surface area contributed by atoms with E-state index in [1.54, 1.807) is 0 Å². The van der Waals surface area contributed by atoms with Gasteiger partial charge in [-0.2, -0.15) is 4.98 Å². The van der Waals surface area contributed by atoms with Gasteiger partial charge in [-0.25, -0.2) is 4.79 Å². The number of methoxy groups -OCH3 is 1. The zero-order chi connectivity index (χ0) is 8.43. The molecule has 1 heterocycles. The summed E-state index contributed by atoms with van der Waals surface area (Å²) in [5.41, 5.74) is -0.120. The molecule has 5 heteroatoms. The minimum Gasteiger partial charge on any atom is -0.464 e. The van der Waals surface area contributed by atoms with Gasteiger partial charge in [0.25, 0.3) is 0 Å². The first-order chi connectivity index (χ1) is 5.15. The van der Waals surface area contributed by atoms with E-state index in [1.807, 2.05) is 0 Å². The molecule has 1 aromatic rings. The summed E-state index contributed by atoms with van der Waals surface area (Å²) >= 11 is 0. The van der Waals surface area contributed by atoms with Crippen molar-refractivity contribution in [3.63, 3.8) is 0 Å². The van der Waals surface area contributed by atoms with Crippen molar-refractivity contribution in [2.45, 2.75) is 6.92 Å². The van der Waals surface area contributed by atoms with E-state index in [0.29, 0.717) is 0 Å². The molecule has 0 N–H and O–H groups in total. The summed E-state index contributed by atoms with van der Waals surface area (Å²) in [7, 11) is 1.19. The lowest BCUT2D eigenvalue weighted by molar-refractivity contribution is 0.0592. The molecule has 0 amide bonds. The number of oxazole rings is 1. The Morgan fingerprint density at radius 3 is 2.73 bits per heavy atom. The van der Waals surface area contributed by atoms with Gasteiger partial charge in [0.05, 0.1) is 7.11 Å². The fourth-order valence-corrected chi connectivity index (χ4v) is 0.650. The Kier molecular flexibility index (Phi) is 1.89. The number of ether oxygens (including phenoxy) is 1. The number of aryl methyl sites for hydroxylation is 1. The summed E-state index contributed by atoms with van der Waals surface area (Å²) in [4.78, 5) is 13.9. The first-order valence-electron chi connectivity index (χ1n) is 2.86. The number of rotatable bonds is 1. The van der Waals surface area contributed by atoms with Gasteiger partial charge in [0.2, 0.25) is 0 Å². The topological polar surface area (TPSA) is 52.3 Å². The molecule has 1 aromatic heterocycles. The van der Waals surface area contributed by atoms with Crippen molar-refractivity contribution < 1.29 is 18.3 Å². The molecule has 0 atom stereocenters. The number of esters is 1. The van der Waals surface area contributed by atoms with Crippen LogP contribution in [0.1, 0.15) is 16.2 Å². The first-order valence-corrected chi connectivity index (χ1v) is 2.86. The normalized spacial score (nSPS) is 9.73. The summed E-state index contributed by atoms with van der Waals surface area (Å²) in [5.74, 6) is -0.579. The molecule has 0 saturated carbocycles. The van der Waals surface area contributed by atoms with Gasteiger partial charge >= 0.3 is 12.1 Å². The zero-order valence-corrected chi connectivity index (χ0v) is 6.05. The zero-order valence-electron chi connectivity index (χ0n) is 6.05. The van der Waals surface area contributed by atoms with Gasteiger partial charge in [0, 0.05) is 0 Å². The van der Waals surface area contributed by atoms with E-state index < -0.39 is 12.1 Å².